The average molecular weight is 155 g/mol. The van der Waals surface area contributed by atoms with Gasteiger partial charge in [0.05, 0.1) is 0 Å². The molecule has 0 unspecified atom stereocenters. The van der Waals surface area contributed by atoms with Crippen LogP contribution in [0.5, 0.6) is 0 Å². The molecular formula is C10H21N. The van der Waals surface area contributed by atoms with Gasteiger partial charge in [0, 0.05) is 12.6 Å². The molecule has 1 nitrogen and oxygen atoms in total. The molecule has 0 aliphatic heterocycles. The Balaban J connectivity index is 2.13. The zero-order valence-electron chi connectivity index (χ0n) is 8.14. The fraction of sp³-hybridized carbons (Fsp3) is 1.00. The molecular weight excluding hydrogens is 134 g/mol. The molecule has 0 radical (unpaired) electrons. The molecule has 0 heterocycles. The first-order chi connectivity index (χ1) is 5.24. The first-order valence-corrected chi connectivity index (χ1v) is 4.94. The van der Waals surface area contributed by atoms with Crippen LogP contribution in [0.3, 0.4) is 0 Å². The van der Waals surface area contributed by atoms with Gasteiger partial charge in [-0.05, 0) is 25.8 Å². The second kappa shape index (κ2) is 4.10. The summed E-state index contributed by atoms with van der Waals surface area (Å²) in [5.41, 5.74) is 0. The third-order valence-corrected chi connectivity index (χ3v) is 2.99. The molecule has 1 aliphatic rings. The van der Waals surface area contributed by atoms with E-state index in [1.807, 2.05) is 0 Å². The molecule has 0 amide bonds. The maximum absolute atomic E-state index is 2.54. The van der Waals surface area contributed by atoms with Crippen LogP contribution >= 0.6 is 0 Å². The first-order valence-electron chi connectivity index (χ1n) is 4.94. The van der Waals surface area contributed by atoms with Crippen LogP contribution in [0.1, 0.15) is 39.5 Å². The van der Waals surface area contributed by atoms with E-state index in [0.717, 1.165) is 12.0 Å². The quantitative estimate of drug-likeness (QED) is 0.603. The summed E-state index contributed by atoms with van der Waals surface area (Å²) in [6, 6.07) is 0.920. The predicted molar refractivity (Wildman–Crippen MR) is 49.7 cm³/mol. The van der Waals surface area contributed by atoms with E-state index in [9.17, 15) is 0 Å². The topological polar surface area (TPSA) is 3.24 Å². The highest BCUT2D eigenvalue weighted by Gasteiger charge is 2.22. The van der Waals surface area contributed by atoms with Crippen LogP contribution in [0.2, 0.25) is 0 Å². The zero-order chi connectivity index (χ0) is 8.27. The Morgan fingerprint density at radius 3 is 2.45 bits per heavy atom. The molecule has 0 aromatic heterocycles. The van der Waals surface area contributed by atoms with Gasteiger partial charge in [-0.2, -0.15) is 0 Å². The lowest BCUT2D eigenvalue weighted by Crippen LogP contribution is -2.39. The molecule has 0 aromatic carbocycles. The number of rotatable bonds is 4. The van der Waals surface area contributed by atoms with Crippen LogP contribution in [0.4, 0.5) is 0 Å². The van der Waals surface area contributed by atoms with Crippen molar-refractivity contribution in [3.05, 3.63) is 0 Å². The smallest absolute Gasteiger partial charge is 0.00923 e. The summed E-state index contributed by atoms with van der Waals surface area (Å²) in [5.74, 6) is 0.876. The summed E-state index contributed by atoms with van der Waals surface area (Å²) < 4.78 is 0. The van der Waals surface area contributed by atoms with Crippen LogP contribution in [0.15, 0.2) is 0 Å². The summed E-state index contributed by atoms with van der Waals surface area (Å²) in [5, 5.41) is 0. The Morgan fingerprint density at radius 2 is 2.09 bits per heavy atom. The lowest BCUT2D eigenvalue weighted by atomic mass is 9.91. The summed E-state index contributed by atoms with van der Waals surface area (Å²) in [7, 11) is 2.27. The molecule has 0 spiro atoms. The molecule has 1 fully saturated rings. The van der Waals surface area contributed by atoms with Crippen molar-refractivity contribution in [2.24, 2.45) is 5.92 Å². The summed E-state index contributed by atoms with van der Waals surface area (Å²) >= 11 is 0. The van der Waals surface area contributed by atoms with Gasteiger partial charge < -0.3 is 4.90 Å². The van der Waals surface area contributed by atoms with E-state index < -0.39 is 0 Å². The van der Waals surface area contributed by atoms with Crippen LogP contribution in [-0.2, 0) is 0 Å². The van der Waals surface area contributed by atoms with Gasteiger partial charge in [0.2, 0.25) is 0 Å². The highest BCUT2D eigenvalue weighted by Crippen LogP contribution is 2.24. The van der Waals surface area contributed by atoms with E-state index in [-0.39, 0.29) is 0 Å². The van der Waals surface area contributed by atoms with Gasteiger partial charge in [0.1, 0.15) is 0 Å². The molecule has 1 rings (SSSR count). The van der Waals surface area contributed by atoms with Gasteiger partial charge in [-0.3, -0.25) is 0 Å². The number of hydrogen-bond acceptors (Lipinski definition) is 1. The van der Waals surface area contributed by atoms with Gasteiger partial charge >= 0.3 is 0 Å². The van der Waals surface area contributed by atoms with Crippen LogP contribution < -0.4 is 0 Å². The van der Waals surface area contributed by atoms with Crippen molar-refractivity contribution in [3.8, 4) is 0 Å². The average Bonchev–Trinajstić information content (AvgIpc) is 1.83. The van der Waals surface area contributed by atoms with Gasteiger partial charge in [-0.1, -0.05) is 26.7 Å². The Kier molecular flexibility index (Phi) is 3.38. The Hall–Kier alpha value is -0.0400. The Bertz CT molecular complexity index is 107. The fourth-order valence-corrected chi connectivity index (χ4v) is 1.60. The summed E-state index contributed by atoms with van der Waals surface area (Å²) in [4.78, 5) is 2.54. The van der Waals surface area contributed by atoms with Crippen LogP contribution in [0, 0.1) is 5.92 Å². The number of nitrogens with zero attached hydrogens (tertiary/aromatic N) is 1. The molecule has 0 aromatic rings. The predicted octanol–water partition coefficient (Wildman–Crippen LogP) is 2.52. The van der Waals surface area contributed by atoms with E-state index >= 15 is 0 Å². The molecule has 1 heteroatoms. The van der Waals surface area contributed by atoms with Gasteiger partial charge in [-0.15, -0.1) is 0 Å². The summed E-state index contributed by atoms with van der Waals surface area (Å²) in [6.07, 6.45) is 5.65. The van der Waals surface area contributed by atoms with Crippen molar-refractivity contribution < 1.29 is 0 Å². The third kappa shape index (κ3) is 2.48. The van der Waals surface area contributed by atoms with E-state index in [1.54, 1.807) is 0 Å². The molecule has 1 aliphatic carbocycles. The second-order valence-corrected chi connectivity index (χ2v) is 4.04. The van der Waals surface area contributed by atoms with Gasteiger partial charge in [-0.25, -0.2) is 0 Å². The van der Waals surface area contributed by atoms with E-state index in [4.69, 9.17) is 0 Å². The lowest BCUT2D eigenvalue weighted by molar-refractivity contribution is 0.140. The number of hydrogen-bond donors (Lipinski definition) is 0. The molecule has 66 valence electrons. The van der Waals surface area contributed by atoms with Crippen molar-refractivity contribution in [2.45, 2.75) is 45.6 Å². The van der Waals surface area contributed by atoms with Gasteiger partial charge in [0.15, 0.2) is 0 Å². The zero-order valence-corrected chi connectivity index (χ0v) is 8.14. The van der Waals surface area contributed by atoms with E-state index in [2.05, 4.69) is 25.8 Å². The Labute approximate surface area is 70.8 Å². The molecule has 1 atom stereocenters. The Morgan fingerprint density at radius 1 is 1.45 bits per heavy atom. The van der Waals surface area contributed by atoms with Crippen molar-refractivity contribution >= 4 is 0 Å². The van der Waals surface area contributed by atoms with Crippen molar-refractivity contribution in [1.82, 2.24) is 4.90 Å². The highest BCUT2D eigenvalue weighted by molar-refractivity contribution is 4.78. The SMILES string of the molecule is CC[C@H](C)CN(C)C1CCC1. The van der Waals surface area contributed by atoms with Crippen molar-refractivity contribution in [1.29, 1.82) is 0 Å². The fourth-order valence-electron chi connectivity index (χ4n) is 1.60. The standard InChI is InChI=1S/C10H21N/c1-4-9(2)8-11(3)10-6-5-7-10/h9-10H,4-8H2,1-3H3/t9-/m0/s1. The van der Waals surface area contributed by atoms with E-state index in [1.165, 1.54) is 32.2 Å². The van der Waals surface area contributed by atoms with Crippen molar-refractivity contribution in [3.63, 3.8) is 0 Å². The molecule has 0 bridgehead atoms. The van der Waals surface area contributed by atoms with Crippen molar-refractivity contribution in [2.75, 3.05) is 13.6 Å². The minimum absolute atomic E-state index is 0.876. The molecule has 0 saturated heterocycles. The lowest BCUT2D eigenvalue weighted by Gasteiger charge is -2.36. The van der Waals surface area contributed by atoms with Gasteiger partial charge in [0.25, 0.3) is 0 Å². The second-order valence-electron chi connectivity index (χ2n) is 4.04. The molecule has 11 heavy (non-hydrogen) atoms. The van der Waals surface area contributed by atoms with Crippen LogP contribution in [0.25, 0.3) is 0 Å². The molecule has 1 saturated carbocycles. The molecule has 0 N–H and O–H groups in total. The van der Waals surface area contributed by atoms with E-state index in [0.29, 0.717) is 0 Å². The summed E-state index contributed by atoms with van der Waals surface area (Å²) in [6.45, 7) is 5.91. The monoisotopic (exact) mass is 155 g/mol. The minimum Gasteiger partial charge on any atom is -0.303 e. The maximum atomic E-state index is 2.54. The van der Waals surface area contributed by atoms with Crippen LogP contribution in [-0.4, -0.2) is 24.5 Å². The minimum atomic E-state index is 0.876. The largest absolute Gasteiger partial charge is 0.303 e. The maximum Gasteiger partial charge on any atom is 0.00923 e. The highest BCUT2D eigenvalue weighted by atomic mass is 15.1. The normalized spacial score (nSPS) is 21.8. The third-order valence-electron chi connectivity index (χ3n) is 2.99. The first kappa shape index (κ1) is 9.05.